The normalized spacial score (nSPS) is 14.1. The first kappa shape index (κ1) is 14.0. The van der Waals surface area contributed by atoms with Gasteiger partial charge in [0.15, 0.2) is 5.92 Å². The van der Waals surface area contributed by atoms with E-state index in [1.54, 1.807) is 30.3 Å². The number of hydrogen-bond acceptors (Lipinski definition) is 3. The number of para-hydroxylation sites is 1. The number of carbonyl (C=O) groups excluding carboxylic acids is 1. The molecule has 0 fully saturated rings. The standard InChI is InChI=1S/C11H12F3N3O/c1-7(9(10(15)18)11(12,13)14)16-17-8-5-3-2-4-6-8/h2-6,9,17H,1H3,(H2,15,18)/b16-7+. The fourth-order valence-electron chi connectivity index (χ4n) is 1.33. The molecule has 1 atom stereocenters. The number of nitrogens with zero attached hydrogens (tertiary/aromatic N) is 1. The largest absolute Gasteiger partial charge is 0.405 e. The van der Waals surface area contributed by atoms with Crippen molar-refractivity contribution in [3.05, 3.63) is 30.3 Å². The molecule has 0 aliphatic rings. The molecule has 0 aliphatic carbocycles. The van der Waals surface area contributed by atoms with Crippen LogP contribution < -0.4 is 11.2 Å². The van der Waals surface area contributed by atoms with E-state index in [4.69, 9.17) is 5.73 Å². The van der Waals surface area contributed by atoms with Crippen molar-refractivity contribution >= 4 is 17.3 Å². The van der Waals surface area contributed by atoms with Crippen molar-refractivity contribution in [2.45, 2.75) is 13.1 Å². The highest BCUT2D eigenvalue weighted by molar-refractivity contribution is 6.03. The van der Waals surface area contributed by atoms with Gasteiger partial charge in [-0.25, -0.2) is 0 Å². The van der Waals surface area contributed by atoms with Crippen LogP contribution in [0.2, 0.25) is 0 Å². The number of benzene rings is 1. The Balaban J connectivity index is 2.84. The fraction of sp³-hybridized carbons (Fsp3) is 0.273. The van der Waals surface area contributed by atoms with Gasteiger partial charge in [-0.2, -0.15) is 18.3 Å². The summed E-state index contributed by atoms with van der Waals surface area (Å²) in [7, 11) is 0. The molecular formula is C11H12F3N3O. The maximum atomic E-state index is 12.5. The Morgan fingerprint density at radius 2 is 1.89 bits per heavy atom. The van der Waals surface area contributed by atoms with Gasteiger partial charge in [-0.1, -0.05) is 18.2 Å². The molecule has 0 saturated heterocycles. The number of hydrazone groups is 1. The van der Waals surface area contributed by atoms with Gasteiger partial charge in [-0.15, -0.1) is 0 Å². The molecule has 0 aromatic heterocycles. The van der Waals surface area contributed by atoms with Gasteiger partial charge in [-0.3, -0.25) is 10.2 Å². The monoisotopic (exact) mass is 259 g/mol. The molecule has 1 amide bonds. The molecule has 1 rings (SSSR count). The number of alkyl halides is 3. The highest BCUT2D eigenvalue weighted by Crippen LogP contribution is 2.27. The lowest BCUT2D eigenvalue weighted by Gasteiger charge is -2.16. The topological polar surface area (TPSA) is 67.5 Å². The molecule has 4 nitrogen and oxygen atoms in total. The first-order valence-corrected chi connectivity index (χ1v) is 5.03. The number of nitrogens with two attached hydrogens (primary N) is 1. The highest BCUT2D eigenvalue weighted by Gasteiger charge is 2.45. The number of hydrogen-bond donors (Lipinski definition) is 2. The van der Waals surface area contributed by atoms with Gasteiger partial charge in [-0.05, 0) is 19.1 Å². The van der Waals surface area contributed by atoms with Crippen molar-refractivity contribution in [1.29, 1.82) is 0 Å². The molecule has 0 aliphatic heterocycles. The van der Waals surface area contributed by atoms with E-state index in [1.165, 1.54) is 0 Å². The van der Waals surface area contributed by atoms with Crippen molar-refractivity contribution < 1.29 is 18.0 Å². The average Bonchev–Trinajstić information content (AvgIpc) is 2.25. The molecule has 7 heteroatoms. The van der Waals surface area contributed by atoms with Crippen molar-refractivity contribution in [2.75, 3.05) is 5.43 Å². The van der Waals surface area contributed by atoms with Gasteiger partial charge >= 0.3 is 6.18 Å². The minimum atomic E-state index is -4.74. The molecule has 1 unspecified atom stereocenters. The highest BCUT2D eigenvalue weighted by atomic mass is 19.4. The van der Waals surface area contributed by atoms with E-state index in [2.05, 4.69) is 10.5 Å². The number of amides is 1. The van der Waals surface area contributed by atoms with Crippen LogP contribution in [0.5, 0.6) is 0 Å². The summed E-state index contributed by atoms with van der Waals surface area (Å²) in [6.07, 6.45) is -4.74. The van der Waals surface area contributed by atoms with Crippen molar-refractivity contribution in [1.82, 2.24) is 0 Å². The third kappa shape index (κ3) is 3.76. The van der Waals surface area contributed by atoms with Crippen LogP contribution in [0.25, 0.3) is 0 Å². The molecule has 1 aromatic rings. The van der Waals surface area contributed by atoms with E-state index >= 15 is 0 Å². The smallest absolute Gasteiger partial charge is 0.369 e. The average molecular weight is 259 g/mol. The van der Waals surface area contributed by atoms with E-state index in [0.29, 0.717) is 5.69 Å². The molecule has 18 heavy (non-hydrogen) atoms. The Morgan fingerprint density at radius 1 is 1.33 bits per heavy atom. The van der Waals surface area contributed by atoms with Gasteiger partial charge in [0, 0.05) is 0 Å². The molecule has 0 spiro atoms. The predicted molar refractivity (Wildman–Crippen MR) is 61.9 cm³/mol. The summed E-state index contributed by atoms with van der Waals surface area (Å²) >= 11 is 0. The summed E-state index contributed by atoms with van der Waals surface area (Å²) in [5, 5.41) is 3.53. The van der Waals surface area contributed by atoms with Crippen LogP contribution in [0.4, 0.5) is 18.9 Å². The van der Waals surface area contributed by atoms with Crippen LogP contribution in [0.3, 0.4) is 0 Å². The zero-order valence-corrected chi connectivity index (χ0v) is 9.53. The van der Waals surface area contributed by atoms with Crippen LogP contribution in [0.15, 0.2) is 35.4 Å². The second kappa shape index (κ2) is 5.52. The van der Waals surface area contributed by atoms with Gasteiger partial charge in [0.2, 0.25) is 5.91 Å². The van der Waals surface area contributed by atoms with E-state index in [-0.39, 0.29) is 0 Å². The predicted octanol–water partition coefficient (Wildman–Crippen LogP) is 2.14. The molecule has 98 valence electrons. The zero-order chi connectivity index (χ0) is 13.8. The Kier molecular flexibility index (Phi) is 4.30. The Morgan fingerprint density at radius 3 is 2.33 bits per heavy atom. The van der Waals surface area contributed by atoms with E-state index in [1.807, 2.05) is 0 Å². The summed E-state index contributed by atoms with van der Waals surface area (Å²) in [5.41, 5.74) is 7.24. The summed E-state index contributed by atoms with van der Waals surface area (Å²) in [5.74, 6) is -3.85. The van der Waals surface area contributed by atoms with Gasteiger partial charge in [0.1, 0.15) is 0 Å². The second-order valence-corrected chi connectivity index (χ2v) is 3.61. The van der Waals surface area contributed by atoms with Crippen LogP contribution in [0, 0.1) is 5.92 Å². The quantitative estimate of drug-likeness (QED) is 0.642. The number of halogens is 3. The lowest BCUT2D eigenvalue weighted by Crippen LogP contribution is -2.40. The Labute approximate surface area is 102 Å². The number of nitrogens with one attached hydrogen (secondary N) is 1. The zero-order valence-electron chi connectivity index (χ0n) is 9.53. The van der Waals surface area contributed by atoms with Gasteiger partial charge < -0.3 is 5.73 Å². The van der Waals surface area contributed by atoms with E-state index in [0.717, 1.165) is 6.92 Å². The number of anilines is 1. The van der Waals surface area contributed by atoms with Crippen LogP contribution >= 0.6 is 0 Å². The van der Waals surface area contributed by atoms with Gasteiger partial charge in [0.25, 0.3) is 0 Å². The minimum absolute atomic E-state index is 0.432. The first-order valence-electron chi connectivity index (χ1n) is 5.03. The van der Waals surface area contributed by atoms with Crippen LogP contribution in [0.1, 0.15) is 6.92 Å². The molecule has 3 N–H and O–H groups in total. The summed E-state index contributed by atoms with van der Waals surface area (Å²) in [6, 6.07) is 8.40. The van der Waals surface area contributed by atoms with Crippen molar-refractivity contribution in [2.24, 2.45) is 16.8 Å². The maximum Gasteiger partial charge on any atom is 0.405 e. The molecule has 0 heterocycles. The third-order valence-corrected chi connectivity index (χ3v) is 2.16. The van der Waals surface area contributed by atoms with E-state index in [9.17, 15) is 18.0 Å². The second-order valence-electron chi connectivity index (χ2n) is 3.61. The molecule has 1 aromatic carbocycles. The number of carbonyl (C=O) groups is 1. The summed E-state index contributed by atoms with van der Waals surface area (Å²) in [6.45, 7) is 1.10. The van der Waals surface area contributed by atoms with Gasteiger partial charge in [0.05, 0.1) is 11.4 Å². The Bertz CT molecular complexity index is 443. The molecule has 0 radical (unpaired) electrons. The van der Waals surface area contributed by atoms with Crippen LogP contribution in [-0.2, 0) is 4.79 Å². The molecule has 0 saturated carbocycles. The first-order chi connectivity index (χ1) is 8.32. The van der Waals surface area contributed by atoms with Crippen LogP contribution in [-0.4, -0.2) is 17.8 Å². The number of primary amides is 1. The fourth-order valence-corrected chi connectivity index (χ4v) is 1.33. The SMILES string of the molecule is C/C(=N\Nc1ccccc1)C(C(N)=O)C(F)(F)F. The Hall–Kier alpha value is -2.05. The van der Waals surface area contributed by atoms with Crippen molar-refractivity contribution in [3.63, 3.8) is 0 Å². The third-order valence-electron chi connectivity index (χ3n) is 2.16. The minimum Gasteiger partial charge on any atom is -0.369 e. The summed E-state index contributed by atoms with van der Waals surface area (Å²) < 4.78 is 37.6. The van der Waals surface area contributed by atoms with E-state index < -0.39 is 23.7 Å². The molecule has 0 bridgehead atoms. The van der Waals surface area contributed by atoms with Crippen molar-refractivity contribution in [3.8, 4) is 0 Å². The lowest BCUT2D eigenvalue weighted by atomic mass is 10.0. The lowest BCUT2D eigenvalue weighted by molar-refractivity contribution is -0.166. The summed E-state index contributed by atoms with van der Waals surface area (Å²) in [4.78, 5) is 10.8. The molecular weight excluding hydrogens is 247 g/mol. The maximum absolute atomic E-state index is 12.5. The number of rotatable bonds is 4.